The Morgan fingerprint density at radius 2 is 2.14 bits per heavy atom. The van der Waals surface area contributed by atoms with Gasteiger partial charge in [-0.3, -0.25) is 4.79 Å². The first kappa shape index (κ1) is 16.7. The Morgan fingerprint density at radius 3 is 2.82 bits per heavy atom. The molecule has 1 aliphatic rings. The van der Waals surface area contributed by atoms with Crippen LogP contribution < -0.4 is 20.9 Å². The summed E-state index contributed by atoms with van der Waals surface area (Å²) >= 11 is 0. The minimum Gasteiger partial charge on any atom is -0.356 e. The predicted octanol–water partition coefficient (Wildman–Crippen LogP) is 0.366. The molecule has 1 saturated heterocycles. The van der Waals surface area contributed by atoms with Gasteiger partial charge in [-0.25, -0.2) is 4.98 Å². The van der Waals surface area contributed by atoms with Gasteiger partial charge in [0.2, 0.25) is 5.91 Å². The predicted molar refractivity (Wildman–Crippen MR) is 89.0 cm³/mol. The van der Waals surface area contributed by atoms with Gasteiger partial charge in [0.05, 0.1) is 6.54 Å². The van der Waals surface area contributed by atoms with Crippen LogP contribution in [0.4, 0.5) is 5.82 Å². The molecule has 122 valence electrons. The summed E-state index contributed by atoms with van der Waals surface area (Å²) in [6, 6.07) is 6.26. The minimum atomic E-state index is 0.0979. The van der Waals surface area contributed by atoms with Crippen molar-refractivity contribution in [2.75, 3.05) is 44.7 Å². The molecular formula is C16H27N5O. The molecule has 0 unspecified atom stereocenters. The fourth-order valence-corrected chi connectivity index (χ4v) is 2.66. The second kappa shape index (κ2) is 9.38. The Bertz CT molecular complexity index is 431. The third kappa shape index (κ3) is 5.61. The number of nitrogens with one attached hydrogen (secondary N) is 3. The summed E-state index contributed by atoms with van der Waals surface area (Å²) in [6.45, 7) is 4.13. The second-order valence-corrected chi connectivity index (χ2v) is 5.65. The first-order valence-corrected chi connectivity index (χ1v) is 8.10. The van der Waals surface area contributed by atoms with E-state index < -0.39 is 0 Å². The van der Waals surface area contributed by atoms with E-state index in [9.17, 15) is 4.79 Å². The first-order chi connectivity index (χ1) is 10.8. The van der Waals surface area contributed by atoms with E-state index in [-0.39, 0.29) is 11.9 Å². The van der Waals surface area contributed by atoms with E-state index in [1.807, 2.05) is 31.4 Å². The summed E-state index contributed by atoms with van der Waals surface area (Å²) < 4.78 is 0. The monoisotopic (exact) mass is 305 g/mol. The van der Waals surface area contributed by atoms with Crippen molar-refractivity contribution in [3.63, 3.8) is 0 Å². The lowest BCUT2D eigenvalue weighted by Crippen LogP contribution is -2.47. The van der Waals surface area contributed by atoms with Crippen LogP contribution in [0.15, 0.2) is 24.4 Å². The molecule has 1 aliphatic heterocycles. The molecule has 2 heterocycles. The Hall–Kier alpha value is -1.66. The van der Waals surface area contributed by atoms with Crippen LogP contribution in [0, 0.1) is 0 Å². The van der Waals surface area contributed by atoms with Crippen LogP contribution in [0.2, 0.25) is 0 Å². The zero-order chi connectivity index (χ0) is 15.6. The molecule has 1 aromatic heterocycles. The molecule has 0 bridgehead atoms. The zero-order valence-electron chi connectivity index (χ0n) is 13.3. The number of anilines is 1. The Labute approximate surface area is 132 Å². The third-order valence-corrected chi connectivity index (χ3v) is 3.90. The molecule has 0 radical (unpaired) electrons. The average Bonchev–Trinajstić information content (AvgIpc) is 2.56. The zero-order valence-corrected chi connectivity index (χ0v) is 13.3. The maximum atomic E-state index is 11.9. The van der Waals surface area contributed by atoms with Crippen LogP contribution in [0.25, 0.3) is 0 Å². The molecule has 6 heteroatoms. The maximum Gasteiger partial charge on any atom is 0.234 e. The average molecular weight is 305 g/mol. The maximum absolute atomic E-state index is 11.9. The summed E-state index contributed by atoms with van der Waals surface area (Å²) in [5, 5.41) is 9.38. The van der Waals surface area contributed by atoms with Gasteiger partial charge in [-0.1, -0.05) is 6.07 Å². The number of pyridine rings is 1. The highest BCUT2D eigenvalue weighted by Crippen LogP contribution is 2.16. The summed E-state index contributed by atoms with van der Waals surface area (Å²) in [4.78, 5) is 18.5. The number of carbonyl (C=O) groups excluding carboxylic acids is 1. The van der Waals surface area contributed by atoms with Crippen molar-refractivity contribution in [1.29, 1.82) is 0 Å². The largest absolute Gasteiger partial charge is 0.356 e. The van der Waals surface area contributed by atoms with Crippen molar-refractivity contribution in [2.45, 2.75) is 25.3 Å². The van der Waals surface area contributed by atoms with Gasteiger partial charge in [0.1, 0.15) is 5.82 Å². The quantitative estimate of drug-likeness (QED) is 0.605. The van der Waals surface area contributed by atoms with Gasteiger partial charge in [-0.2, -0.15) is 0 Å². The number of piperidine rings is 1. The molecule has 1 fully saturated rings. The van der Waals surface area contributed by atoms with Gasteiger partial charge in [-0.15, -0.1) is 0 Å². The Balaban J connectivity index is 1.62. The molecule has 0 atom stereocenters. The second-order valence-electron chi connectivity index (χ2n) is 5.65. The van der Waals surface area contributed by atoms with E-state index in [1.165, 1.54) is 0 Å². The number of nitrogens with zero attached hydrogens (tertiary/aromatic N) is 2. The molecule has 0 aliphatic carbocycles. The Morgan fingerprint density at radius 1 is 1.32 bits per heavy atom. The molecule has 0 spiro atoms. The van der Waals surface area contributed by atoms with E-state index in [0.29, 0.717) is 6.54 Å². The van der Waals surface area contributed by atoms with Gasteiger partial charge in [0.15, 0.2) is 0 Å². The molecule has 6 nitrogen and oxygen atoms in total. The fraction of sp³-hybridized carbons (Fsp3) is 0.625. The summed E-state index contributed by atoms with van der Waals surface area (Å²) in [6.07, 6.45) is 4.80. The number of rotatable bonds is 8. The van der Waals surface area contributed by atoms with Gasteiger partial charge in [0.25, 0.3) is 0 Å². The summed E-state index contributed by atoms with van der Waals surface area (Å²) in [5.74, 6) is 1.12. The van der Waals surface area contributed by atoms with E-state index in [4.69, 9.17) is 0 Å². The topological polar surface area (TPSA) is 69.3 Å². The highest BCUT2D eigenvalue weighted by molar-refractivity contribution is 5.78. The van der Waals surface area contributed by atoms with Gasteiger partial charge >= 0.3 is 0 Å². The van der Waals surface area contributed by atoms with Crippen LogP contribution >= 0.6 is 0 Å². The van der Waals surface area contributed by atoms with Crippen molar-refractivity contribution in [3.05, 3.63) is 24.4 Å². The van der Waals surface area contributed by atoms with Gasteiger partial charge in [0, 0.05) is 25.3 Å². The molecule has 0 aromatic carbocycles. The van der Waals surface area contributed by atoms with Gasteiger partial charge < -0.3 is 20.9 Å². The van der Waals surface area contributed by atoms with Crippen molar-refractivity contribution >= 4 is 11.7 Å². The lowest BCUT2D eigenvalue weighted by molar-refractivity contribution is -0.121. The van der Waals surface area contributed by atoms with Crippen molar-refractivity contribution in [2.24, 2.45) is 0 Å². The SMILES string of the molecule is CNCCCNCC(=O)NC1CCN(c2ccccn2)CC1. The van der Waals surface area contributed by atoms with E-state index >= 15 is 0 Å². The number of aromatic nitrogens is 1. The fourth-order valence-electron chi connectivity index (χ4n) is 2.66. The van der Waals surface area contributed by atoms with Crippen LogP contribution in [0.5, 0.6) is 0 Å². The molecule has 22 heavy (non-hydrogen) atoms. The van der Waals surface area contributed by atoms with Crippen molar-refractivity contribution in [1.82, 2.24) is 20.9 Å². The molecular weight excluding hydrogens is 278 g/mol. The molecule has 3 N–H and O–H groups in total. The van der Waals surface area contributed by atoms with Crippen LogP contribution in [0.3, 0.4) is 0 Å². The standard InChI is InChI=1S/C16H27N5O/c1-17-8-4-9-18-13-16(22)20-14-6-11-21(12-7-14)15-5-2-3-10-19-15/h2-3,5,10,14,17-18H,4,6-9,11-13H2,1H3,(H,20,22). The third-order valence-electron chi connectivity index (χ3n) is 3.90. The Kier molecular flexibility index (Phi) is 7.12. The van der Waals surface area contributed by atoms with Crippen LogP contribution in [-0.2, 0) is 4.79 Å². The summed E-state index contributed by atoms with van der Waals surface area (Å²) in [7, 11) is 1.93. The van der Waals surface area contributed by atoms with E-state index in [0.717, 1.165) is 51.3 Å². The first-order valence-electron chi connectivity index (χ1n) is 8.10. The smallest absolute Gasteiger partial charge is 0.234 e. The number of hydrogen-bond donors (Lipinski definition) is 3. The number of amides is 1. The minimum absolute atomic E-state index is 0.0979. The van der Waals surface area contributed by atoms with Crippen molar-refractivity contribution < 1.29 is 4.79 Å². The molecule has 0 saturated carbocycles. The molecule has 1 amide bonds. The summed E-state index contributed by atoms with van der Waals surface area (Å²) in [5.41, 5.74) is 0. The van der Waals surface area contributed by atoms with E-state index in [1.54, 1.807) is 0 Å². The van der Waals surface area contributed by atoms with Crippen LogP contribution in [-0.4, -0.2) is 56.7 Å². The highest BCUT2D eigenvalue weighted by Gasteiger charge is 2.21. The van der Waals surface area contributed by atoms with E-state index in [2.05, 4.69) is 25.8 Å². The molecule has 2 rings (SSSR count). The van der Waals surface area contributed by atoms with Crippen LogP contribution in [0.1, 0.15) is 19.3 Å². The molecule has 1 aromatic rings. The lowest BCUT2D eigenvalue weighted by Gasteiger charge is -2.33. The normalized spacial score (nSPS) is 15.8. The number of carbonyl (C=O) groups is 1. The van der Waals surface area contributed by atoms with Gasteiger partial charge in [-0.05, 0) is 51.5 Å². The van der Waals surface area contributed by atoms with Crippen molar-refractivity contribution in [3.8, 4) is 0 Å². The number of hydrogen-bond acceptors (Lipinski definition) is 5. The highest BCUT2D eigenvalue weighted by atomic mass is 16.1. The lowest BCUT2D eigenvalue weighted by atomic mass is 10.0.